The van der Waals surface area contributed by atoms with Crippen LogP contribution in [0.4, 0.5) is 26.3 Å². The van der Waals surface area contributed by atoms with Crippen molar-refractivity contribution in [1.29, 1.82) is 0 Å². The van der Waals surface area contributed by atoms with Crippen molar-refractivity contribution in [2.24, 2.45) is 0 Å². The fraction of sp³-hybridized carbons (Fsp3) is 0.409. The molecule has 0 amide bonds. The smallest absolute Gasteiger partial charge is 0.317 e. The number of Topliss-reactive ketones (excluding diaryl/α,β-unsaturated/α-hetero) is 1. The Kier molecular flexibility index (Phi) is 7.81. The molecule has 2 aromatic carbocycles. The minimum atomic E-state index is -4.94. The van der Waals surface area contributed by atoms with Crippen molar-refractivity contribution >= 4 is 18.2 Å². The molecular formula is C22H22ClF6NO. The molecule has 0 spiro atoms. The Morgan fingerprint density at radius 1 is 0.903 bits per heavy atom. The van der Waals surface area contributed by atoms with E-state index in [-0.39, 0.29) is 42.7 Å². The van der Waals surface area contributed by atoms with Crippen LogP contribution in [-0.2, 0) is 29.0 Å². The number of halogens is 7. The number of piperidine rings is 1. The maximum atomic E-state index is 13.4. The van der Waals surface area contributed by atoms with Crippen LogP contribution in [0.2, 0.25) is 0 Å². The molecule has 2 aromatic rings. The predicted molar refractivity (Wildman–Crippen MR) is 107 cm³/mol. The quantitative estimate of drug-likeness (QED) is 0.551. The second-order valence-corrected chi connectivity index (χ2v) is 7.49. The second-order valence-electron chi connectivity index (χ2n) is 7.49. The number of hydrogen-bond donors (Lipinski definition) is 1. The summed E-state index contributed by atoms with van der Waals surface area (Å²) in [6.45, 7) is 1.21. The summed E-state index contributed by atoms with van der Waals surface area (Å²) >= 11 is 0. The molecular weight excluding hydrogens is 444 g/mol. The maximum Gasteiger partial charge on any atom is 0.416 e. The van der Waals surface area contributed by atoms with E-state index in [4.69, 9.17) is 0 Å². The van der Waals surface area contributed by atoms with Gasteiger partial charge < -0.3 is 5.32 Å². The lowest BCUT2D eigenvalue weighted by Gasteiger charge is -2.37. The van der Waals surface area contributed by atoms with E-state index in [9.17, 15) is 31.1 Å². The lowest BCUT2D eigenvalue weighted by atomic mass is 9.69. The normalized spacial score (nSPS) is 16.5. The predicted octanol–water partition coefficient (Wildman–Crippen LogP) is 5.97. The van der Waals surface area contributed by atoms with Gasteiger partial charge in [-0.25, -0.2) is 0 Å². The summed E-state index contributed by atoms with van der Waals surface area (Å²) in [5, 5.41) is 3.18. The number of rotatable bonds is 5. The third kappa shape index (κ3) is 5.60. The van der Waals surface area contributed by atoms with E-state index in [0.717, 1.165) is 11.6 Å². The Bertz CT molecular complexity index is 889. The molecule has 0 aromatic heterocycles. The molecule has 0 unspecified atom stereocenters. The molecule has 1 saturated heterocycles. The fourth-order valence-electron chi connectivity index (χ4n) is 4.06. The third-order valence-electron chi connectivity index (χ3n) is 5.68. The van der Waals surface area contributed by atoms with Gasteiger partial charge in [0.05, 0.1) is 16.5 Å². The van der Waals surface area contributed by atoms with E-state index in [1.54, 1.807) is 0 Å². The van der Waals surface area contributed by atoms with Crippen molar-refractivity contribution in [2.75, 3.05) is 13.1 Å². The van der Waals surface area contributed by atoms with Crippen molar-refractivity contribution < 1.29 is 31.1 Å². The largest absolute Gasteiger partial charge is 0.416 e. The van der Waals surface area contributed by atoms with Crippen LogP contribution in [0.3, 0.4) is 0 Å². The van der Waals surface area contributed by atoms with Gasteiger partial charge in [0.2, 0.25) is 0 Å². The molecule has 0 aliphatic carbocycles. The molecule has 0 bridgehead atoms. The molecule has 31 heavy (non-hydrogen) atoms. The van der Waals surface area contributed by atoms with Crippen LogP contribution in [0, 0.1) is 0 Å². The van der Waals surface area contributed by atoms with Gasteiger partial charge in [-0.15, -0.1) is 12.4 Å². The first kappa shape index (κ1) is 25.2. The number of benzene rings is 2. The number of alkyl halides is 6. The average molecular weight is 466 g/mol. The van der Waals surface area contributed by atoms with E-state index in [0.29, 0.717) is 32.0 Å². The zero-order valence-corrected chi connectivity index (χ0v) is 17.3. The second kappa shape index (κ2) is 9.61. The van der Waals surface area contributed by atoms with Gasteiger partial charge in [-0.05, 0) is 55.6 Å². The molecule has 170 valence electrons. The van der Waals surface area contributed by atoms with Gasteiger partial charge in [-0.3, -0.25) is 4.79 Å². The van der Waals surface area contributed by atoms with E-state index in [2.05, 4.69) is 5.32 Å². The summed E-state index contributed by atoms with van der Waals surface area (Å²) in [6.07, 6.45) is -9.21. The van der Waals surface area contributed by atoms with Gasteiger partial charge in [-0.1, -0.05) is 36.4 Å². The van der Waals surface area contributed by atoms with E-state index in [1.807, 2.05) is 30.3 Å². The van der Waals surface area contributed by atoms with Crippen LogP contribution in [0.1, 0.15) is 41.5 Å². The summed E-state index contributed by atoms with van der Waals surface area (Å²) in [4.78, 5) is 13.2. The zero-order valence-electron chi connectivity index (χ0n) is 16.4. The average Bonchev–Trinajstić information content (AvgIpc) is 2.71. The highest BCUT2D eigenvalue weighted by Gasteiger charge is 2.41. The minimum absolute atomic E-state index is 0. The standard InChI is InChI=1S/C22H21F6NO.ClH/c23-21(24,25)17-8-6-15(18(14-17)22(26,27)28)7-9-19(30)20(10-12-29-13-11-20)16-4-2-1-3-5-16;/h1-6,8,14,29H,7,9-13H2;1H. The highest BCUT2D eigenvalue weighted by atomic mass is 35.5. The van der Waals surface area contributed by atoms with Gasteiger partial charge in [-0.2, -0.15) is 26.3 Å². The molecule has 1 aliphatic rings. The Morgan fingerprint density at radius 2 is 1.52 bits per heavy atom. The summed E-state index contributed by atoms with van der Waals surface area (Å²) in [5.74, 6) is -0.191. The molecule has 1 aliphatic heterocycles. The fourth-order valence-corrected chi connectivity index (χ4v) is 4.06. The van der Waals surface area contributed by atoms with Crippen molar-refractivity contribution in [3.63, 3.8) is 0 Å². The first-order chi connectivity index (χ1) is 14.0. The highest BCUT2D eigenvalue weighted by Crippen LogP contribution is 2.39. The van der Waals surface area contributed by atoms with E-state index in [1.165, 1.54) is 0 Å². The Morgan fingerprint density at radius 3 is 2.06 bits per heavy atom. The van der Waals surface area contributed by atoms with Crippen molar-refractivity contribution in [1.82, 2.24) is 5.32 Å². The van der Waals surface area contributed by atoms with Crippen LogP contribution in [-0.4, -0.2) is 18.9 Å². The Labute approximate surface area is 182 Å². The molecule has 0 radical (unpaired) electrons. The molecule has 1 fully saturated rings. The number of carbonyl (C=O) groups excluding carboxylic acids is 1. The Hall–Kier alpha value is -2.06. The first-order valence-corrected chi connectivity index (χ1v) is 9.61. The van der Waals surface area contributed by atoms with Gasteiger partial charge in [0.1, 0.15) is 5.78 Å². The lowest BCUT2D eigenvalue weighted by molar-refractivity contribution is -0.143. The van der Waals surface area contributed by atoms with Gasteiger partial charge >= 0.3 is 12.4 Å². The third-order valence-corrected chi connectivity index (χ3v) is 5.68. The van der Waals surface area contributed by atoms with Crippen molar-refractivity contribution in [3.8, 4) is 0 Å². The highest BCUT2D eigenvalue weighted by molar-refractivity contribution is 5.90. The van der Waals surface area contributed by atoms with Crippen LogP contribution in [0.5, 0.6) is 0 Å². The molecule has 0 saturated carbocycles. The maximum absolute atomic E-state index is 13.4. The van der Waals surface area contributed by atoms with Gasteiger partial charge in [0, 0.05) is 6.42 Å². The van der Waals surface area contributed by atoms with Crippen molar-refractivity contribution in [3.05, 3.63) is 70.8 Å². The topological polar surface area (TPSA) is 29.1 Å². The first-order valence-electron chi connectivity index (χ1n) is 9.61. The van der Waals surface area contributed by atoms with E-state index >= 15 is 0 Å². The zero-order chi connectivity index (χ0) is 22.0. The number of nitrogens with one attached hydrogen (secondary N) is 1. The summed E-state index contributed by atoms with van der Waals surface area (Å²) in [5.41, 5.74) is -2.98. The summed E-state index contributed by atoms with van der Waals surface area (Å²) < 4.78 is 78.7. The van der Waals surface area contributed by atoms with E-state index < -0.39 is 28.9 Å². The molecule has 9 heteroatoms. The van der Waals surface area contributed by atoms with Crippen LogP contribution in [0.25, 0.3) is 0 Å². The molecule has 3 rings (SSSR count). The SMILES string of the molecule is Cl.O=C(CCc1ccc(C(F)(F)F)cc1C(F)(F)F)C1(c2ccccc2)CCNCC1. The molecule has 1 heterocycles. The number of aryl methyl sites for hydroxylation is 1. The van der Waals surface area contributed by atoms with Crippen molar-refractivity contribution in [2.45, 2.75) is 43.5 Å². The molecule has 0 atom stereocenters. The lowest BCUT2D eigenvalue weighted by Crippen LogP contribution is -2.45. The van der Waals surface area contributed by atoms with Crippen LogP contribution in [0.15, 0.2) is 48.5 Å². The molecule has 2 nitrogen and oxygen atoms in total. The molecule has 1 N–H and O–H groups in total. The van der Waals surface area contributed by atoms with Crippen LogP contribution >= 0.6 is 12.4 Å². The van der Waals surface area contributed by atoms with Gasteiger partial charge in [0.15, 0.2) is 0 Å². The minimum Gasteiger partial charge on any atom is -0.317 e. The summed E-state index contributed by atoms with van der Waals surface area (Å²) in [7, 11) is 0. The number of hydrogen-bond acceptors (Lipinski definition) is 2. The van der Waals surface area contributed by atoms with Gasteiger partial charge in [0.25, 0.3) is 0 Å². The monoisotopic (exact) mass is 465 g/mol. The Balaban J connectivity index is 0.00000341. The number of ketones is 1. The number of carbonyl (C=O) groups is 1. The van der Waals surface area contributed by atoms with Crippen LogP contribution < -0.4 is 5.32 Å². The summed E-state index contributed by atoms with van der Waals surface area (Å²) in [6, 6.07) is 10.7.